The maximum Gasteiger partial charge on any atom is 0.244 e. The third kappa shape index (κ3) is 3.30. The van der Waals surface area contributed by atoms with E-state index in [-0.39, 0.29) is 11.4 Å². The monoisotopic (exact) mass is 327 g/mol. The lowest BCUT2D eigenvalue weighted by molar-refractivity contribution is 0.492. The topological polar surface area (TPSA) is 68.1 Å². The summed E-state index contributed by atoms with van der Waals surface area (Å²) < 4.78 is 27.6. The molecule has 23 heavy (non-hydrogen) atoms. The Morgan fingerprint density at radius 1 is 1.09 bits per heavy atom. The molecular formula is C16H15N4O2S. The Labute approximate surface area is 135 Å². The van der Waals surface area contributed by atoms with E-state index in [0.29, 0.717) is 0 Å². The van der Waals surface area contributed by atoms with Gasteiger partial charge in [-0.05, 0) is 35.9 Å². The molecule has 1 aromatic carbocycles. The van der Waals surface area contributed by atoms with Gasteiger partial charge in [0.15, 0.2) is 0 Å². The third-order valence-electron chi connectivity index (χ3n) is 3.34. The minimum Gasteiger partial charge on any atom is -0.263 e. The summed E-state index contributed by atoms with van der Waals surface area (Å²) in [5.74, 6) is 0. The predicted octanol–water partition coefficient (Wildman–Crippen LogP) is 2.25. The SMILES string of the molecule is [CH2]N(Cc1ccc(-n2cccn2)cc1)S(=O)(=O)c1cccnc1. The molecule has 3 rings (SSSR count). The summed E-state index contributed by atoms with van der Waals surface area (Å²) in [5, 5.41) is 4.15. The van der Waals surface area contributed by atoms with Gasteiger partial charge in [-0.2, -0.15) is 9.40 Å². The Morgan fingerprint density at radius 2 is 1.87 bits per heavy atom. The van der Waals surface area contributed by atoms with Crippen LogP contribution in [0.2, 0.25) is 0 Å². The number of hydrogen-bond donors (Lipinski definition) is 0. The zero-order chi connectivity index (χ0) is 16.3. The highest BCUT2D eigenvalue weighted by atomic mass is 32.2. The van der Waals surface area contributed by atoms with E-state index >= 15 is 0 Å². The minimum absolute atomic E-state index is 0.128. The normalized spacial score (nSPS) is 11.7. The van der Waals surface area contributed by atoms with Gasteiger partial charge in [0.05, 0.1) is 5.69 Å². The van der Waals surface area contributed by atoms with E-state index in [9.17, 15) is 8.42 Å². The number of rotatable bonds is 5. The van der Waals surface area contributed by atoms with Gasteiger partial charge < -0.3 is 0 Å². The van der Waals surface area contributed by atoms with Gasteiger partial charge in [0.25, 0.3) is 0 Å². The van der Waals surface area contributed by atoms with Crippen molar-refractivity contribution >= 4 is 10.0 Å². The van der Waals surface area contributed by atoms with Gasteiger partial charge in [-0.3, -0.25) is 4.98 Å². The molecule has 117 valence electrons. The highest BCUT2D eigenvalue weighted by Gasteiger charge is 2.21. The van der Waals surface area contributed by atoms with E-state index in [1.54, 1.807) is 16.9 Å². The smallest absolute Gasteiger partial charge is 0.244 e. The molecule has 2 aromatic heterocycles. The fourth-order valence-electron chi connectivity index (χ4n) is 2.11. The Balaban J connectivity index is 1.76. The van der Waals surface area contributed by atoms with E-state index in [0.717, 1.165) is 15.6 Å². The van der Waals surface area contributed by atoms with E-state index < -0.39 is 10.0 Å². The maximum absolute atomic E-state index is 12.4. The molecule has 0 unspecified atom stereocenters. The molecule has 0 aliphatic carbocycles. The van der Waals surface area contributed by atoms with E-state index in [1.165, 1.54) is 18.5 Å². The summed E-state index contributed by atoms with van der Waals surface area (Å²) in [5.41, 5.74) is 1.74. The fourth-order valence-corrected chi connectivity index (χ4v) is 3.17. The summed E-state index contributed by atoms with van der Waals surface area (Å²) in [6.45, 7) is 0.177. The van der Waals surface area contributed by atoms with Crippen molar-refractivity contribution in [1.82, 2.24) is 19.1 Å². The van der Waals surface area contributed by atoms with Gasteiger partial charge in [-0.25, -0.2) is 13.1 Å². The molecule has 1 radical (unpaired) electrons. The van der Waals surface area contributed by atoms with Gasteiger partial charge in [-0.1, -0.05) is 12.1 Å². The lowest BCUT2D eigenvalue weighted by Gasteiger charge is -2.17. The van der Waals surface area contributed by atoms with Crippen LogP contribution in [0.1, 0.15) is 5.56 Å². The lowest BCUT2D eigenvalue weighted by atomic mass is 10.2. The maximum atomic E-state index is 12.4. The standard InChI is InChI=1S/C16H15N4O2S/c1-19(23(21,22)16-4-2-9-17-12-16)13-14-5-7-15(8-6-14)20-11-3-10-18-20/h2-12H,1,13H2. The highest BCUT2D eigenvalue weighted by molar-refractivity contribution is 7.89. The van der Waals surface area contributed by atoms with Gasteiger partial charge in [0.2, 0.25) is 10.0 Å². The van der Waals surface area contributed by atoms with Crippen LogP contribution < -0.4 is 0 Å². The summed E-state index contributed by atoms with van der Waals surface area (Å²) >= 11 is 0. The number of benzene rings is 1. The Hall–Kier alpha value is -2.51. The summed E-state index contributed by atoms with van der Waals surface area (Å²) in [6.07, 6.45) is 6.39. The molecule has 7 heteroatoms. The molecule has 3 aromatic rings. The first kappa shape index (κ1) is 15.4. The van der Waals surface area contributed by atoms with Crippen molar-refractivity contribution in [3.05, 3.63) is 79.9 Å². The Morgan fingerprint density at radius 3 is 2.48 bits per heavy atom. The van der Waals surface area contributed by atoms with Crippen LogP contribution in [0.3, 0.4) is 0 Å². The largest absolute Gasteiger partial charge is 0.263 e. The first-order chi connectivity index (χ1) is 11.1. The molecule has 0 bridgehead atoms. The molecule has 0 atom stereocenters. The molecule has 0 N–H and O–H groups in total. The second-order valence-corrected chi connectivity index (χ2v) is 6.86. The minimum atomic E-state index is -3.65. The average Bonchev–Trinajstić information content (AvgIpc) is 3.11. The van der Waals surface area contributed by atoms with Crippen molar-refractivity contribution < 1.29 is 8.42 Å². The number of aromatic nitrogens is 3. The van der Waals surface area contributed by atoms with Crippen LogP contribution in [-0.4, -0.2) is 27.5 Å². The zero-order valence-electron chi connectivity index (χ0n) is 12.3. The molecule has 0 saturated heterocycles. The lowest BCUT2D eigenvalue weighted by Crippen LogP contribution is -2.24. The van der Waals surface area contributed by atoms with Crippen LogP contribution >= 0.6 is 0 Å². The van der Waals surface area contributed by atoms with E-state index in [1.807, 2.05) is 36.5 Å². The molecule has 0 amide bonds. The van der Waals surface area contributed by atoms with Crippen LogP contribution in [0.5, 0.6) is 0 Å². The molecule has 0 saturated carbocycles. The van der Waals surface area contributed by atoms with E-state index in [2.05, 4.69) is 17.1 Å². The molecular weight excluding hydrogens is 312 g/mol. The van der Waals surface area contributed by atoms with Crippen LogP contribution in [0.4, 0.5) is 0 Å². The number of sulfonamides is 1. The van der Waals surface area contributed by atoms with Crippen LogP contribution in [0, 0.1) is 7.05 Å². The number of hydrogen-bond acceptors (Lipinski definition) is 4. The second kappa shape index (κ2) is 6.31. The summed E-state index contributed by atoms with van der Waals surface area (Å²) in [4.78, 5) is 3.97. The molecule has 0 aliphatic heterocycles. The molecule has 0 spiro atoms. The highest BCUT2D eigenvalue weighted by Crippen LogP contribution is 2.17. The summed E-state index contributed by atoms with van der Waals surface area (Å²) in [6, 6.07) is 12.4. The Kier molecular flexibility index (Phi) is 4.22. The number of nitrogens with zero attached hydrogens (tertiary/aromatic N) is 4. The first-order valence-electron chi connectivity index (χ1n) is 6.89. The summed E-state index contributed by atoms with van der Waals surface area (Å²) in [7, 11) is 0.00540. The van der Waals surface area contributed by atoms with Crippen molar-refractivity contribution in [3.63, 3.8) is 0 Å². The van der Waals surface area contributed by atoms with Crippen LogP contribution in [0.15, 0.2) is 72.1 Å². The van der Waals surface area contributed by atoms with Gasteiger partial charge >= 0.3 is 0 Å². The van der Waals surface area contributed by atoms with Gasteiger partial charge in [-0.15, -0.1) is 0 Å². The Bertz CT molecular complexity index is 860. The van der Waals surface area contributed by atoms with Gasteiger partial charge in [0.1, 0.15) is 4.90 Å². The predicted molar refractivity (Wildman–Crippen MR) is 85.9 cm³/mol. The van der Waals surface area contributed by atoms with Crippen LogP contribution in [0.25, 0.3) is 5.69 Å². The van der Waals surface area contributed by atoms with Gasteiger partial charge in [0, 0.05) is 38.4 Å². The first-order valence-corrected chi connectivity index (χ1v) is 8.33. The quantitative estimate of drug-likeness (QED) is 0.721. The van der Waals surface area contributed by atoms with E-state index in [4.69, 9.17) is 0 Å². The zero-order valence-corrected chi connectivity index (χ0v) is 13.1. The molecule has 0 fully saturated rings. The molecule has 2 heterocycles. The fraction of sp³-hybridized carbons (Fsp3) is 0.0625. The van der Waals surface area contributed by atoms with Crippen LogP contribution in [-0.2, 0) is 16.6 Å². The van der Waals surface area contributed by atoms with Crippen molar-refractivity contribution in [3.8, 4) is 5.69 Å². The van der Waals surface area contributed by atoms with Crippen molar-refractivity contribution in [1.29, 1.82) is 0 Å². The van der Waals surface area contributed by atoms with Crippen molar-refractivity contribution in [2.24, 2.45) is 0 Å². The molecule has 6 nitrogen and oxygen atoms in total. The third-order valence-corrected chi connectivity index (χ3v) is 4.98. The molecule has 0 aliphatic rings. The van der Waals surface area contributed by atoms with Crippen molar-refractivity contribution in [2.75, 3.05) is 0 Å². The second-order valence-electron chi connectivity index (χ2n) is 4.92. The number of pyridine rings is 1. The average molecular weight is 327 g/mol. The van der Waals surface area contributed by atoms with Crippen molar-refractivity contribution in [2.45, 2.75) is 11.4 Å².